The van der Waals surface area contributed by atoms with Crippen LogP contribution >= 0.6 is 0 Å². The number of nitrogens with two attached hydrogens (primary N) is 1. The van der Waals surface area contributed by atoms with Gasteiger partial charge in [0.2, 0.25) is 18.1 Å². The average Bonchev–Trinajstić information content (AvgIpc) is 2.47. The number of aryl methyl sites for hydroxylation is 1. The molecule has 7 heteroatoms. The van der Waals surface area contributed by atoms with E-state index in [1.807, 2.05) is 0 Å². The van der Waals surface area contributed by atoms with Crippen LogP contribution in [-0.4, -0.2) is 16.1 Å². The number of carbonyl (C=O) groups is 1. The van der Waals surface area contributed by atoms with E-state index in [1.54, 1.807) is 22.6 Å². The van der Waals surface area contributed by atoms with Gasteiger partial charge in [0.25, 0.3) is 0 Å². The van der Waals surface area contributed by atoms with E-state index in [2.05, 4.69) is 4.98 Å². The summed E-state index contributed by atoms with van der Waals surface area (Å²) in [5.74, 6) is 0.127. The average molecular weight is 207 g/mol. The fourth-order valence-electron chi connectivity index (χ4n) is 0.826. The van der Waals surface area contributed by atoms with Crippen molar-refractivity contribution < 1.29 is 27.0 Å². The number of imidazole rings is 1. The van der Waals surface area contributed by atoms with Crippen LogP contribution in [0.15, 0.2) is 12.5 Å². The molecule has 6 nitrogen and oxygen atoms in total. The maximum Gasteiger partial charge on any atom is 0.247 e. The Morgan fingerprint density at radius 1 is 1.77 bits per heavy atom. The number of aromatic nitrogens is 2. The van der Waals surface area contributed by atoms with Gasteiger partial charge in [0.05, 0.1) is 13.0 Å². The molecule has 0 aliphatic heterocycles. The molecule has 13 heavy (non-hydrogen) atoms. The summed E-state index contributed by atoms with van der Waals surface area (Å²) in [4.78, 5) is 13.3. The second-order valence-corrected chi connectivity index (χ2v) is 2.38. The summed E-state index contributed by atoms with van der Waals surface area (Å²) < 4.78 is 1.73. The van der Waals surface area contributed by atoms with Crippen LogP contribution in [0, 0.1) is 0 Å². The molecule has 74 valence electrons. The molecule has 0 atom stereocenters. The van der Waals surface area contributed by atoms with Crippen molar-refractivity contribution in [2.45, 2.75) is 13.0 Å². The Bertz CT molecular complexity index is 275. The third-order valence-corrected chi connectivity index (χ3v) is 1.42. The Labute approximate surface area is 81.1 Å². The smallest absolute Gasteiger partial charge is 0.247 e. The summed E-state index contributed by atoms with van der Waals surface area (Å²) in [5.41, 5.74) is 6.94. The van der Waals surface area contributed by atoms with Gasteiger partial charge in [0, 0.05) is 0 Å². The van der Waals surface area contributed by atoms with Gasteiger partial charge >= 0.3 is 0 Å². The van der Waals surface area contributed by atoms with Gasteiger partial charge in [-0.25, -0.2) is 15.0 Å². The zero-order chi connectivity index (χ0) is 8.97. The van der Waals surface area contributed by atoms with Gasteiger partial charge < -0.3 is 18.1 Å². The summed E-state index contributed by atoms with van der Waals surface area (Å²) in [6.45, 7) is 0.486. The molecule has 1 rings (SSSR count). The lowest BCUT2D eigenvalue weighted by Gasteiger charge is -1.94. The molecule has 0 bridgehead atoms. The molecule has 1 aromatic rings. The monoisotopic (exact) mass is 206 g/mol. The number of hydrogen-bond acceptors (Lipinski definition) is 3. The molecule has 1 amide bonds. The second-order valence-electron chi connectivity index (χ2n) is 2.38. The molecule has 0 aromatic carbocycles. The van der Waals surface area contributed by atoms with E-state index in [1.165, 1.54) is 0 Å². The molecule has 0 saturated carbocycles. The highest BCUT2D eigenvalue weighted by atomic mass is 35.5. The largest absolute Gasteiger partial charge is 1.00 e. The maximum absolute atomic E-state index is 10.6. The number of nitrogens with zero attached hydrogens (tertiary/aromatic N) is 1. The van der Waals surface area contributed by atoms with E-state index >= 15 is 0 Å². The number of aromatic amines is 1. The Balaban J connectivity index is 0.00000144. The first kappa shape index (κ1) is 11.7. The summed E-state index contributed by atoms with van der Waals surface area (Å²) in [6.07, 6.45) is 3.54. The number of halogens is 1. The van der Waals surface area contributed by atoms with Gasteiger partial charge in [-0.3, -0.25) is 10.0 Å². The van der Waals surface area contributed by atoms with Crippen LogP contribution < -0.4 is 28.2 Å². The van der Waals surface area contributed by atoms with E-state index < -0.39 is 5.91 Å². The van der Waals surface area contributed by atoms with E-state index in [4.69, 9.17) is 10.9 Å². The normalized spacial score (nSPS) is 9.00. The van der Waals surface area contributed by atoms with Crippen LogP contribution in [0.5, 0.6) is 0 Å². The van der Waals surface area contributed by atoms with E-state index in [0.29, 0.717) is 12.4 Å². The van der Waals surface area contributed by atoms with Gasteiger partial charge in [-0.15, -0.1) is 0 Å². The quantitative estimate of drug-likeness (QED) is 0.229. The van der Waals surface area contributed by atoms with Gasteiger partial charge in [0.15, 0.2) is 6.20 Å². The van der Waals surface area contributed by atoms with Crippen molar-refractivity contribution >= 4 is 11.7 Å². The number of hydrogen-bond donors (Lipinski definition) is 4. The van der Waals surface area contributed by atoms with Crippen LogP contribution in [0.4, 0.5) is 5.82 Å². The third kappa shape index (κ3) is 3.77. The highest BCUT2D eigenvalue weighted by Gasteiger charge is 2.04. The fourth-order valence-corrected chi connectivity index (χ4v) is 0.826. The first-order valence-corrected chi connectivity index (χ1v) is 3.48. The minimum absolute atomic E-state index is 0. The number of H-pyrrole nitrogens is 1. The van der Waals surface area contributed by atoms with Crippen LogP contribution in [0.2, 0.25) is 0 Å². The molecule has 1 aromatic heterocycles. The summed E-state index contributed by atoms with van der Waals surface area (Å²) >= 11 is 0. The van der Waals surface area contributed by atoms with Crippen molar-refractivity contribution in [2.24, 2.45) is 0 Å². The zero-order valence-corrected chi connectivity index (χ0v) is 7.58. The number of amides is 1. The summed E-state index contributed by atoms with van der Waals surface area (Å²) in [6, 6.07) is 0. The van der Waals surface area contributed by atoms with E-state index in [-0.39, 0.29) is 18.8 Å². The highest BCUT2D eigenvalue weighted by Crippen LogP contribution is 1.87. The zero-order valence-electron chi connectivity index (χ0n) is 6.83. The maximum atomic E-state index is 10.6. The predicted octanol–water partition coefficient (Wildman–Crippen LogP) is -4.22. The van der Waals surface area contributed by atoms with Crippen molar-refractivity contribution in [1.29, 1.82) is 0 Å². The van der Waals surface area contributed by atoms with Crippen LogP contribution in [0.3, 0.4) is 0 Å². The first-order chi connectivity index (χ1) is 5.72. The lowest BCUT2D eigenvalue weighted by atomic mass is 10.4. The number of rotatable bonds is 3. The Kier molecular flexibility index (Phi) is 4.86. The van der Waals surface area contributed by atoms with Crippen molar-refractivity contribution in [3.63, 3.8) is 0 Å². The van der Waals surface area contributed by atoms with Crippen molar-refractivity contribution in [1.82, 2.24) is 10.5 Å². The molecule has 0 radical (unpaired) electrons. The Morgan fingerprint density at radius 2 is 2.46 bits per heavy atom. The SMILES string of the molecule is Nc1c[n+](CCC(=O)NO)c[nH]1.[Cl-]. The van der Waals surface area contributed by atoms with Gasteiger partial charge in [-0.1, -0.05) is 0 Å². The second kappa shape index (κ2) is 5.39. The first-order valence-electron chi connectivity index (χ1n) is 3.48. The van der Waals surface area contributed by atoms with Crippen LogP contribution in [0.25, 0.3) is 0 Å². The number of nitrogens with one attached hydrogen (secondary N) is 2. The summed E-state index contributed by atoms with van der Waals surface area (Å²) in [5, 5.41) is 8.18. The molecule has 0 saturated heterocycles. The number of anilines is 1. The molecular weight excluding hydrogens is 196 g/mol. The third-order valence-electron chi connectivity index (χ3n) is 1.42. The minimum Gasteiger partial charge on any atom is -1.00 e. The Morgan fingerprint density at radius 3 is 2.92 bits per heavy atom. The fraction of sp³-hybridized carbons (Fsp3) is 0.333. The van der Waals surface area contributed by atoms with Gasteiger partial charge in [0.1, 0.15) is 0 Å². The molecule has 0 spiro atoms. The molecular formula is C6H11ClN4O2. The summed E-state index contributed by atoms with van der Waals surface area (Å²) in [7, 11) is 0. The topological polar surface area (TPSA) is 95.0 Å². The lowest BCUT2D eigenvalue weighted by molar-refractivity contribution is -0.694. The molecule has 0 fully saturated rings. The van der Waals surface area contributed by atoms with E-state index in [9.17, 15) is 4.79 Å². The Hall–Kier alpha value is -1.27. The highest BCUT2D eigenvalue weighted by molar-refractivity contribution is 5.74. The van der Waals surface area contributed by atoms with Crippen molar-refractivity contribution in [2.75, 3.05) is 5.73 Å². The van der Waals surface area contributed by atoms with Crippen LogP contribution in [-0.2, 0) is 11.3 Å². The van der Waals surface area contributed by atoms with Crippen molar-refractivity contribution in [3.8, 4) is 0 Å². The number of carbonyl (C=O) groups excluding carboxylic acids is 1. The molecule has 0 aliphatic rings. The number of hydroxylamine groups is 1. The molecule has 5 N–H and O–H groups in total. The van der Waals surface area contributed by atoms with Gasteiger partial charge in [-0.05, 0) is 0 Å². The standard InChI is InChI=1S/C6H10N4O2.ClH/c7-5-3-10(4-8-5)2-1-6(11)9-12;/h3-4H,1-2,7H2,(H2,9,11,12);1H. The van der Waals surface area contributed by atoms with Crippen molar-refractivity contribution in [3.05, 3.63) is 12.5 Å². The number of nitrogen functional groups attached to an aromatic ring is 1. The minimum atomic E-state index is -0.415. The lowest BCUT2D eigenvalue weighted by Crippen LogP contribution is -3.00. The molecule has 0 unspecified atom stereocenters. The predicted molar refractivity (Wildman–Crippen MR) is 39.9 cm³/mol. The van der Waals surface area contributed by atoms with Gasteiger partial charge in [-0.2, -0.15) is 0 Å². The molecule has 0 aliphatic carbocycles. The van der Waals surface area contributed by atoms with E-state index in [0.717, 1.165) is 0 Å². The molecule has 1 heterocycles. The van der Waals surface area contributed by atoms with Crippen LogP contribution in [0.1, 0.15) is 6.42 Å².